The smallest absolute Gasteiger partial charge is 0.119 e. The molecule has 0 fully saturated rings. The summed E-state index contributed by atoms with van der Waals surface area (Å²) in [5, 5.41) is 0.770. The Kier molecular flexibility index (Phi) is 2.81. The molecule has 0 spiro atoms. The third kappa shape index (κ3) is 2.42. The zero-order chi connectivity index (χ0) is 9.10. The van der Waals surface area contributed by atoms with Gasteiger partial charge in [-0.2, -0.15) is 0 Å². The van der Waals surface area contributed by atoms with Gasteiger partial charge in [-0.25, -0.2) is 0 Å². The molecule has 0 amide bonds. The lowest BCUT2D eigenvalue weighted by atomic mass is 10.3. The Morgan fingerprint density at radius 3 is 2.31 bits per heavy atom. The fourth-order valence-corrected chi connectivity index (χ4v) is 2.70. The van der Waals surface area contributed by atoms with Crippen LogP contribution in [0.3, 0.4) is 0 Å². The van der Waals surface area contributed by atoms with Crippen molar-refractivity contribution in [3.05, 3.63) is 46.2 Å². The largest absolute Gasteiger partial charge is 0.462 e. The zero-order valence-electron chi connectivity index (χ0n) is 7.11. The van der Waals surface area contributed by atoms with Crippen molar-refractivity contribution in [1.29, 1.82) is 0 Å². The molecule has 1 nitrogen and oxygen atoms in total. The second kappa shape index (κ2) is 4.07. The first-order chi connectivity index (χ1) is 6.34. The zero-order valence-corrected chi connectivity index (χ0v) is 8.68. The molecule has 3 heteroatoms. The minimum Gasteiger partial charge on any atom is -0.462 e. The van der Waals surface area contributed by atoms with E-state index in [2.05, 4.69) is 16.9 Å². The summed E-state index contributed by atoms with van der Waals surface area (Å²) < 4.78 is 4.61. The molecule has 1 aromatic rings. The van der Waals surface area contributed by atoms with Crippen LogP contribution in [0.5, 0.6) is 0 Å². The molecule has 0 aromatic heterocycles. The molecule has 0 radical (unpaired) electrons. The minimum atomic E-state index is 0.186. The van der Waals surface area contributed by atoms with Gasteiger partial charge in [0.25, 0.3) is 0 Å². The monoisotopic (exact) mass is 211 g/mol. The Balaban J connectivity index is 1.97. The first kappa shape index (κ1) is 8.97. The van der Waals surface area contributed by atoms with Gasteiger partial charge in [0.05, 0.1) is 0 Å². The Morgan fingerprint density at radius 1 is 1.08 bits per heavy atom. The van der Waals surface area contributed by atoms with Gasteiger partial charge in [-0.3, -0.25) is 0 Å². The first-order valence-electron chi connectivity index (χ1n) is 4.14. The molecule has 0 saturated carbocycles. The molecule has 68 valence electrons. The highest BCUT2D eigenvalue weighted by Crippen LogP contribution is 2.27. The first-order valence-corrected chi connectivity index (χ1v) is 6.04. The van der Waals surface area contributed by atoms with Crippen molar-refractivity contribution >= 4 is 28.4 Å². The molecular formula is C10H10ClNS. The van der Waals surface area contributed by atoms with Crippen LogP contribution in [0.15, 0.2) is 36.4 Å². The summed E-state index contributed by atoms with van der Waals surface area (Å²) in [6, 6.07) is 7.70. The molecule has 1 heterocycles. The maximum atomic E-state index is 5.78. The molecule has 0 saturated heterocycles. The van der Waals surface area contributed by atoms with Gasteiger partial charge in [0, 0.05) is 5.02 Å². The van der Waals surface area contributed by atoms with E-state index in [4.69, 9.17) is 11.6 Å². The van der Waals surface area contributed by atoms with Gasteiger partial charge < -0.3 is 4.72 Å². The standard InChI is InChI=1S/C10H10ClNS/c11-9-3-5-10(6-4-9)12-13-7-1-2-8-13/h1-6H,7-8H2. The fourth-order valence-electron chi connectivity index (χ4n) is 1.15. The molecule has 0 unspecified atom stereocenters. The normalized spacial score (nSPS) is 16.4. The third-order valence-electron chi connectivity index (χ3n) is 1.81. The van der Waals surface area contributed by atoms with Gasteiger partial charge >= 0.3 is 0 Å². The maximum absolute atomic E-state index is 5.78. The summed E-state index contributed by atoms with van der Waals surface area (Å²) in [4.78, 5) is 0. The SMILES string of the molecule is Clc1ccc([N-][S+]2CC=CC2)cc1. The van der Waals surface area contributed by atoms with Crippen molar-refractivity contribution in [2.24, 2.45) is 0 Å². The Hall–Kier alpha value is -0.600. The van der Waals surface area contributed by atoms with Crippen molar-refractivity contribution in [3.8, 4) is 0 Å². The van der Waals surface area contributed by atoms with E-state index in [1.807, 2.05) is 24.3 Å². The Bertz CT molecular complexity index is 299. The van der Waals surface area contributed by atoms with Crippen molar-refractivity contribution in [1.82, 2.24) is 0 Å². The van der Waals surface area contributed by atoms with Crippen LogP contribution in [-0.2, 0) is 11.1 Å². The predicted molar refractivity (Wildman–Crippen MR) is 60.7 cm³/mol. The Morgan fingerprint density at radius 2 is 1.69 bits per heavy atom. The van der Waals surface area contributed by atoms with E-state index in [1.165, 1.54) is 0 Å². The molecule has 0 N–H and O–H groups in total. The van der Waals surface area contributed by atoms with Gasteiger partial charge in [-0.15, -0.1) is 0 Å². The van der Waals surface area contributed by atoms with Crippen molar-refractivity contribution < 1.29 is 0 Å². The van der Waals surface area contributed by atoms with E-state index < -0.39 is 0 Å². The Labute approximate surface area is 86.3 Å². The second-order valence-electron chi connectivity index (χ2n) is 2.83. The fraction of sp³-hybridized carbons (Fsp3) is 0.200. The van der Waals surface area contributed by atoms with Crippen LogP contribution in [0.1, 0.15) is 0 Å². The van der Waals surface area contributed by atoms with Crippen molar-refractivity contribution in [3.63, 3.8) is 0 Å². The number of rotatable bonds is 2. The van der Waals surface area contributed by atoms with E-state index in [-0.39, 0.29) is 11.1 Å². The molecule has 1 aliphatic rings. The highest BCUT2D eigenvalue weighted by molar-refractivity contribution is 8.00. The maximum Gasteiger partial charge on any atom is 0.119 e. The third-order valence-corrected chi connectivity index (χ3v) is 3.68. The summed E-state index contributed by atoms with van der Waals surface area (Å²) in [5.74, 6) is 2.20. The highest BCUT2D eigenvalue weighted by atomic mass is 35.5. The van der Waals surface area contributed by atoms with Crippen LogP contribution in [0, 0.1) is 0 Å². The average molecular weight is 212 g/mol. The van der Waals surface area contributed by atoms with E-state index >= 15 is 0 Å². The number of hydrogen-bond donors (Lipinski definition) is 0. The molecule has 1 aromatic carbocycles. The van der Waals surface area contributed by atoms with Gasteiger partial charge in [0.2, 0.25) is 0 Å². The lowest BCUT2D eigenvalue weighted by Crippen LogP contribution is -1.99. The second-order valence-corrected chi connectivity index (χ2v) is 5.05. The average Bonchev–Trinajstić information content (AvgIpc) is 2.62. The van der Waals surface area contributed by atoms with Crippen LogP contribution in [0.2, 0.25) is 5.02 Å². The molecule has 0 atom stereocenters. The quantitative estimate of drug-likeness (QED) is 0.526. The van der Waals surface area contributed by atoms with Crippen LogP contribution >= 0.6 is 11.6 Å². The molecule has 2 rings (SSSR count). The summed E-state index contributed by atoms with van der Waals surface area (Å²) in [7, 11) is 0. The molecule has 0 aliphatic carbocycles. The highest BCUT2D eigenvalue weighted by Gasteiger charge is 2.09. The number of nitrogens with zero attached hydrogens (tertiary/aromatic N) is 1. The molecule has 1 aliphatic heterocycles. The van der Waals surface area contributed by atoms with Crippen LogP contribution in [0.25, 0.3) is 4.72 Å². The molecular weight excluding hydrogens is 202 g/mol. The van der Waals surface area contributed by atoms with Crippen molar-refractivity contribution in [2.45, 2.75) is 0 Å². The number of halogens is 1. The van der Waals surface area contributed by atoms with E-state index in [1.54, 1.807) is 0 Å². The van der Waals surface area contributed by atoms with Crippen molar-refractivity contribution in [2.75, 3.05) is 11.5 Å². The van der Waals surface area contributed by atoms with Gasteiger partial charge in [0.15, 0.2) is 0 Å². The summed E-state index contributed by atoms with van der Waals surface area (Å²) in [6.07, 6.45) is 4.39. The van der Waals surface area contributed by atoms with E-state index in [0.717, 1.165) is 22.2 Å². The topological polar surface area (TPSA) is 14.1 Å². The van der Waals surface area contributed by atoms with E-state index in [9.17, 15) is 0 Å². The van der Waals surface area contributed by atoms with Gasteiger partial charge in [-0.05, 0) is 24.3 Å². The van der Waals surface area contributed by atoms with Gasteiger partial charge in [-0.1, -0.05) is 40.5 Å². The lowest BCUT2D eigenvalue weighted by molar-refractivity contribution is 1.70. The summed E-state index contributed by atoms with van der Waals surface area (Å²) >= 11 is 5.96. The summed E-state index contributed by atoms with van der Waals surface area (Å²) in [5.41, 5.74) is 1.04. The molecule has 0 bridgehead atoms. The predicted octanol–water partition coefficient (Wildman–Crippen LogP) is 3.45. The number of hydrogen-bond acceptors (Lipinski definition) is 0. The minimum absolute atomic E-state index is 0.186. The van der Waals surface area contributed by atoms with Crippen LogP contribution in [0.4, 0.5) is 5.69 Å². The van der Waals surface area contributed by atoms with E-state index in [0.29, 0.717) is 0 Å². The summed E-state index contributed by atoms with van der Waals surface area (Å²) in [6.45, 7) is 0. The van der Waals surface area contributed by atoms with Crippen LogP contribution in [-0.4, -0.2) is 11.5 Å². The lowest BCUT2D eigenvalue weighted by Gasteiger charge is -2.18. The van der Waals surface area contributed by atoms with Crippen LogP contribution < -0.4 is 0 Å². The number of benzene rings is 1. The van der Waals surface area contributed by atoms with Gasteiger partial charge in [0.1, 0.15) is 11.5 Å². The molecule has 13 heavy (non-hydrogen) atoms.